The Morgan fingerprint density at radius 2 is 2.00 bits per heavy atom. The van der Waals surface area contributed by atoms with Crippen LogP contribution in [0.15, 0.2) is 54.6 Å². The molecule has 1 heterocycles. The largest absolute Gasteiger partial charge is 0.438 e. The van der Waals surface area contributed by atoms with Crippen LogP contribution in [0.3, 0.4) is 0 Å². The molecule has 6 heteroatoms. The Balaban J connectivity index is 1.81. The molecule has 0 aliphatic carbocycles. The van der Waals surface area contributed by atoms with E-state index in [2.05, 4.69) is 16.4 Å². The molecule has 0 unspecified atom stereocenters. The van der Waals surface area contributed by atoms with E-state index >= 15 is 0 Å². The van der Waals surface area contributed by atoms with E-state index in [4.69, 9.17) is 10.00 Å². The summed E-state index contributed by atoms with van der Waals surface area (Å²) in [5.41, 5.74) is 2.89. The minimum atomic E-state index is -0.361. The van der Waals surface area contributed by atoms with E-state index in [1.807, 2.05) is 6.07 Å². The number of aryl methyl sites for hydroxylation is 2. The Morgan fingerprint density at radius 1 is 1.18 bits per heavy atom. The van der Waals surface area contributed by atoms with Gasteiger partial charge in [-0.2, -0.15) is 5.26 Å². The molecule has 0 fully saturated rings. The summed E-state index contributed by atoms with van der Waals surface area (Å²) >= 11 is 0. The Morgan fingerprint density at radius 3 is 2.75 bits per heavy atom. The third-order valence-electron chi connectivity index (χ3n) is 4.10. The van der Waals surface area contributed by atoms with Crippen molar-refractivity contribution in [2.24, 2.45) is 0 Å². The second-order valence-electron chi connectivity index (χ2n) is 6.31. The first-order chi connectivity index (χ1) is 13.5. The second-order valence-corrected chi connectivity index (χ2v) is 6.31. The summed E-state index contributed by atoms with van der Waals surface area (Å²) in [7, 11) is 0. The average molecular weight is 375 g/mol. The fourth-order valence-electron chi connectivity index (χ4n) is 2.64. The summed E-state index contributed by atoms with van der Waals surface area (Å²) in [4.78, 5) is 17.0. The van der Waals surface area contributed by atoms with Gasteiger partial charge in [-0.15, -0.1) is 0 Å². The van der Waals surface area contributed by atoms with Gasteiger partial charge < -0.3 is 10.1 Å². The molecule has 0 atom stereocenters. The van der Waals surface area contributed by atoms with E-state index in [0.29, 0.717) is 22.6 Å². The van der Waals surface area contributed by atoms with Crippen LogP contribution in [0.4, 0.5) is 4.39 Å². The average Bonchev–Trinajstić information content (AvgIpc) is 2.68. The number of nitrogens with zero attached hydrogens (tertiary/aromatic N) is 2. The van der Waals surface area contributed by atoms with Crippen LogP contribution < -0.4 is 10.1 Å². The molecule has 0 saturated heterocycles. The maximum absolute atomic E-state index is 13.3. The highest BCUT2D eigenvalue weighted by Crippen LogP contribution is 2.27. The van der Waals surface area contributed by atoms with Crippen molar-refractivity contribution < 1.29 is 13.9 Å². The lowest BCUT2D eigenvalue weighted by Gasteiger charge is -2.13. The van der Waals surface area contributed by atoms with Crippen molar-refractivity contribution in [1.82, 2.24) is 10.3 Å². The molecule has 3 aromatic rings. The molecule has 0 aliphatic heterocycles. The first-order valence-corrected chi connectivity index (χ1v) is 8.65. The summed E-state index contributed by atoms with van der Waals surface area (Å²) in [6.45, 7) is 3.77. The van der Waals surface area contributed by atoms with Crippen LogP contribution in [-0.2, 0) is 6.54 Å². The monoisotopic (exact) mass is 375 g/mol. The number of benzene rings is 2. The molecule has 28 heavy (non-hydrogen) atoms. The van der Waals surface area contributed by atoms with Crippen LogP contribution in [-0.4, -0.2) is 10.9 Å². The molecular weight excluding hydrogens is 357 g/mol. The number of ether oxygens (including phenoxy) is 1. The van der Waals surface area contributed by atoms with Gasteiger partial charge in [0.05, 0.1) is 11.6 Å². The predicted octanol–water partition coefficient (Wildman–Crippen LogP) is 4.43. The van der Waals surface area contributed by atoms with Crippen molar-refractivity contribution >= 4 is 5.91 Å². The summed E-state index contributed by atoms with van der Waals surface area (Å²) in [6.07, 6.45) is 0. The van der Waals surface area contributed by atoms with Crippen LogP contribution in [0.2, 0.25) is 0 Å². The number of carbonyl (C=O) groups excluding carboxylic acids is 1. The van der Waals surface area contributed by atoms with Crippen LogP contribution in [0.1, 0.15) is 32.7 Å². The second kappa shape index (κ2) is 8.31. The summed E-state index contributed by atoms with van der Waals surface area (Å²) < 4.78 is 19.1. The van der Waals surface area contributed by atoms with Gasteiger partial charge in [0.25, 0.3) is 5.91 Å². The van der Waals surface area contributed by atoms with Crippen LogP contribution >= 0.6 is 0 Å². The van der Waals surface area contributed by atoms with Gasteiger partial charge in [0.2, 0.25) is 5.88 Å². The minimum Gasteiger partial charge on any atom is -0.438 e. The third kappa shape index (κ3) is 4.51. The Labute approximate surface area is 162 Å². The zero-order chi connectivity index (χ0) is 20.1. The highest BCUT2D eigenvalue weighted by Gasteiger charge is 2.16. The smallest absolute Gasteiger partial charge is 0.257 e. The van der Waals surface area contributed by atoms with Gasteiger partial charge in [-0.25, -0.2) is 9.37 Å². The quantitative estimate of drug-likeness (QED) is 0.716. The Bertz CT molecular complexity index is 1070. The summed E-state index contributed by atoms with van der Waals surface area (Å²) in [6, 6.07) is 16.6. The zero-order valence-corrected chi connectivity index (χ0v) is 15.5. The van der Waals surface area contributed by atoms with Crippen molar-refractivity contribution in [2.75, 3.05) is 0 Å². The molecule has 3 rings (SSSR count). The molecule has 1 aromatic heterocycles. The number of hydrogen-bond acceptors (Lipinski definition) is 4. The lowest BCUT2D eigenvalue weighted by atomic mass is 10.1. The number of hydrogen-bond donors (Lipinski definition) is 1. The number of pyridine rings is 1. The number of rotatable bonds is 5. The van der Waals surface area contributed by atoms with Crippen LogP contribution in [0.5, 0.6) is 11.6 Å². The number of amides is 1. The Hall–Kier alpha value is -3.72. The van der Waals surface area contributed by atoms with Crippen molar-refractivity contribution in [2.45, 2.75) is 20.4 Å². The molecule has 1 amide bonds. The molecule has 0 aliphatic rings. The third-order valence-corrected chi connectivity index (χ3v) is 4.10. The zero-order valence-electron chi connectivity index (χ0n) is 15.5. The SMILES string of the molecule is Cc1ccc(C(=O)NCc2cccc(C#N)c2)c(Oc2ccc(F)cc2C)n1. The van der Waals surface area contributed by atoms with Gasteiger partial charge >= 0.3 is 0 Å². The lowest BCUT2D eigenvalue weighted by Crippen LogP contribution is -2.23. The van der Waals surface area contributed by atoms with Crippen molar-refractivity contribution in [3.8, 4) is 17.7 Å². The van der Waals surface area contributed by atoms with E-state index in [1.165, 1.54) is 18.2 Å². The van der Waals surface area contributed by atoms with Crippen LogP contribution in [0.25, 0.3) is 0 Å². The van der Waals surface area contributed by atoms with Crippen molar-refractivity contribution in [3.05, 3.63) is 88.4 Å². The van der Waals surface area contributed by atoms with Gasteiger partial charge in [0.15, 0.2) is 0 Å². The molecule has 140 valence electrons. The van der Waals surface area contributed by atoms with Gasteiger partial charge in [-0.3, -0.25) is 4.79 Å². The number of nitrogens with one attached hydrogen (secondary N) is 1. The van der Waals surface area contributed by atoms with Gasteiger partial charge in [-0.1, -0.05) is 12.1 Å². The molecule has 0 saturated carbocycles. The maximum atomic E-state index is 13.3. The number of carbonyl (C=O) groups is 1. The van der Waals surface area contributed by atoms with Crippen molar-refractivity contribution in [3.63, 3.8) is 0 Å². The van der Waals surface area contributed by atoms with E-state index in [1.54, 1.807) is 44.2 Å². The first kappa shape index (κ1) is 19.1. The summed E-state index contributed by atoms with van der Waals surface area (Å²) in [5.74, 6) is -0.141. The normalized spacial score (nSPS) is 10.2. The molecule has 1 N–H and O–H groups in total. The van der Waals surface area contributed by atoms with Crippen LogP contribution in [0, 0.1) is 31.0 Å². The van der Waals surface area contributed by atoms with E-state index in [-0.39, 0.29) is 29.7 Å². The molecule has 0 bridgehead atoms. The molecule has 0 spiro atoms. The predicted molar refractivity (Wildman–Crippen MR) is 103 cm³/mol. The van der Waals surface area contributed by atoms with Gasteiger partial charge in [0, 0.05) is 12.2 Å². The minimum absolute atomic E-state index is 0.151. The van der Waals surface area contributed by atoms with Gasteiger partial charge in [-0.05, 0) is 67.4 Å². The number of halogens is 1. The lowest BCUT2D eigenvalue weighted by molar-refractivity contribution is 0.0948. The topological polar surface area (TPSA) is 75.0 Å². The standard InChI is InChI=1S/C22H18FN3O2/c1-14-10-18(23)7-9-20(14)28-22-19(8-6-15(2)26-22)21(27)25-13-17-5-3-4-16(11-17)12-24/h3-11H,13H2,1-2H3,(H,25,27). The fourth-order valence-corrected chi connectivity index (χ4v) is 2.64. The highest BCUT2D eigenvalue weighted by atomic mass is 19.1. The highest BCUT2D eigenvalue weighted by molar-refractivity contribution is 5.96. The number of nitriles is 1. The molecule has 5 nitrogen and oxygen atoms in total. The fraction of sp³-hybridized carbons (Fsp3) is 0.136. The van der Waals surface area contributed by atoms with E-state index < -0.39 is 0 Å². The molecule has 0 radical (unpaired) electrons. The van der Waals surface area contributed by atoms with E-state index in [9.17, 15) is 9.18 Å². The first-order valence-electron chi connectivity index (χ1n) is 8.65. The van der Waals surface area contributed by atoms with E-state index in [0.717, 1.165) is 5.56 Å². The maximum Gasteiger partial charge on any atom is 0.257 e. The molecule has 2 aromatic carbocycles. The Kier molecular flexibility index (Phi) is 5.66. The molecular formula is C22H18FN3O2. The van der Waals surface area contributed by atoms with Crippen molar-refractivity contribution in [1.29, 1.82) is 5.26 Å². The summed E-state index contributed by atoms with van der Waals surface area (Å²) in [5, 5.41) is 11.8. The number of aromatic nitrogens is 1. The van der Waals surface area contributed by atoms with Gasteiger partial charge in [0.1, 0.15) is 17.1 Å².